The van der Waals surface area contributed by atoms with Crippen molar-refractivity contribution in [3.05, 3.63) is 40.7 Å². The number of allylic oxidation sites excluding steroid dienone is 1. The Morgan fingerprint density at radius 2 is 2.06 bits per heavy atom. The molecule has 0 saturated heterocycles. The number of aliphatic hydroxyl groups excluding tert-OH is 1. The van der Waals surface area contributed by atoms with Crippen LogP contribution in [0.3, 0.4) is 0 Å². The second kappa shape index (κ2) is 3.80. The van der Waals surface area contributed by atoms with Crippen molar-refractivity contribution in [3.63, 3.8) is 0 Å². The van der Waals surface area contributed by atoms with Crippen LogP contribution in [-0.2, 0) is 9.59 Å². The smallest absolute Gasteiger partial charge is 0.177 e. The predicted octanol–water partition coefficient (Wildman–Crippen LogP) is 2.37. The van der Waals surface area contributed by atoms with Gasteiger partial charge in [0.05, 0.1) is 0 Å². The highest BCUT2D eigenvalue weighted by Gasteiger charge is 2.33. The van der Waals surface area contributed by atoms with E-state index >= 15 is 0 Å². The van der Waals surface area contributed by atoms with Crippen LogP contribution in [0.2, 0.25) is 0 Å². The van der Waals surface area contributed by atoms with E-state index in [0.29, 0.717) is 11.1 Å². The van der Waals surface area contributed by atoms with E-state index < -0.39 is 23.3 Å². The predicted molar refractivity (Wildman–Crippen MR) is 60.1 cm³/mol. The van der Waals surface area contributed by atoms with Gasteiger partial charge in [-0.3, -0.25) is 9.59 Å². The molecule has 88 valence electrons. The highest BCUT2D eigenvalue weighted by Crippen LogP contribution is 2.35. The molecule has 4 heteroatoms. The van der Waals surface area contributed by atoms with Gasteiger partial charge in [0.15, 0.2) is 11.6 Å². The number of carbonyl (C=O) groups is 2. The lowest BCUT2D eigenvalue weighted by Crippen LogP contribution is -2.24. The zero-order valence-electron chi connectivity index (χ0n) is 9.45. The van der Waals surface area contributed by atoms with E-state index in [4.69, 9.17) is 0 Å². The number of carbonyl (C=O) groups excluding carboxylic acids is 2. The van der Waals surface area contributed by atoms with Gasteiger partial charge in [0.1, 0.15) is 17.1 Å². The maximum Gasteiger partial charge on any atom is 0.177 e. The number of fused-ring (bicyclic) bond motifs is 1. The van der Waals surface area contributed by atoms with Crippen LogP contribution in [0.5, 0.6) is 0 Å². The number of hydrogen-bond acceptors (Lipinski definition) is 3. The van der Waals surface area contributed by atoms with Crippen molar-refractivity contribution in [2.75, 3.05) is 0 Å². The van der Waals surface area contributed by atoms with Crippen LogP contribution in [0.15, 0.2) is 23.8 Å². The lowest BCUT2D eigenvalue weighted by molar-refractivity contribution is -0.121. The van der Waals surface area contributed by atoms with E-state index in [1.807, 2.05) is 0 Å². The first-order chi connectivity index (χ1) is 7.93. The minimum absolute atomic E-state index is 0.198. The second-order valence-corrected chi connectivity index (χ2v) is 4.10. The molecule has 1 aliphatic carbocycles. The van der Waals surface area contributed by atoms with Gasteiger partial charge in [-0.1, -0.05) is 6.92 Å². The summed E-state index contributed by atoms with van der Waals surface area (Å²) in [4.78, 5) is 23.2. The summed E-state index contributed by atoms with van der Waals surface area (Å²) >= 11 is 0. The van der Waals surface area contributed by atoms with E-state index in [1.165, 1.54) is 25.1 Å². The topological polar surface area (TPSA) is 54.4 Å². The Labute approximate surface area is 97.6 Å². The van der Waals surface area contributed by atoms with E-state index in [1.54, 1.807) is 6.92 Å². The van der Waals surface area contributed by atoms with Crippen molar-refractivity contribution in [2.24, 2.45) is 0 Å². The third kappa shape index (κ3) is 1.65. The van der Waals surface area contributed by atoms with Gasteiger partial charge in [-0.05, 0) is 30.7 Å². The molecule has 0 spiro atoms. The third-order valence-corrected chi connectivity index (χ3v) is 2.96. The molecule has 1 atom stereocenters. The first-order valence-corrected chi connectivity index (χ1v) is 5.21. The van der Waals surface area contributed by atoms with E-state index in [-0.39, 0.29) is 11.3 Å². The Morgan fingerprint density at radius 3 is 2.65 bits per heavy atom. The molecule has 0 aliphatic heterocycles. The van der Waals surface area contributed by atoms with Crippen molar-refractivity contribution < 1.29 is 19.1 Å². The molecule has 0 heterocycles. The van der Waals surface area contributed by atoms with Gasteiger partial charge in [-0.2, -0.15) is 0 Å². The summed E-state index contributed by atoms with van der Waals surface area (Å²) in [5.74, 6) is -2.38. The molecule has 3 nitrogen and oxygen atoms in total. The van der Waals surface area contributed by atoms with Crippen molar-refractivity contribution in [3.8, 4) is 0 Å². The van der Waals surface area contributed by atoms with Crippen LogP contribution in [0.4, 0.5) is 4.39 Å². The summed E-state index contributed by atoms with van der Waals surface area (Å²) in [5, 5.41) is 9.89. The Kier molecular flexibility index (Phi) is 2.58. The fourth-order valence-corrected chi connectivity index (χ4v) is 2.06. The average Bonchev–Trinajstić information content (AvgIpc) is 2.25. The maximum atomic E-state index is 13.1. The van der Waals surface area contributed by atoms with Gasteiger partial charge < -0.3 is 5.11 Å². The third-order valence-electron chi connectivity index (χ3n) is 2.96. The zero-order valence-corrected chi connectivity index (χ0v) is 9.45. The largest absolute Gasteiger partial charge is 0.506 e. The average molecular weight is 234 g/mol. The summed E-state index contributed by atoms with van der Waals surface area (Å²) in [5.41, 5.74) is 0.567. The first kappa shape index (κ1) is 11.5. The molecule has 0 radical (unpaired) electrons. The molecule has 0 fully saturated rings. The van der Waals surface area contributed by atoms with Gasteiger partial charge in [0.25, 0.3) is 0 Å². The second-order valence-electron chi connectivity index (χ2n) is 4.10. The van der Waals surface area contributed by atoms with Gasteiger partial charge in [-0.15, -0.1) is 0 Å². The summed E-state index contributed by atoms with van der Waals surface area (Å²) in [7, 11) is 0. The Morgan fingerprint density at radius 1 is 1.41 bits per heavy atom. The maximum absolute atomic E-state index is 13.1. The first-order valence-electron chi connectivity index (χ1n) is 5.21. The van der Waals surface area contributed by atoms with Crippen LogP contribution in [0.1, 0.15) is 30.9 Å². The molecule has 1 aromatic rings. The van der Waals surface area contributed by atoms with Crippen LogP contribution in [-0.4, -0.2) is 16.7 Å². The number of halogens is 1. The molecule has 0 unspecified atom stereocenters. The molecule has 0 amide bonds. The fraction of sp³-hybridized carbons (Fsp3) is 0.231. The Balaban J connectivity index is 2.75. The van der Waals surface area contributed by atoms with E-state index in [9.17, 15) is 19.1 Å². The van der Waals surface area contributed by atoms with Gasteiger partial charge in [0.2, 0.25) is 0 Å². The van der Waals surface area contributed by atoms with Crippen molar-refractivity contribution in [1.29, 1.82) is 0 Å². The summed E-state index contributed by atoms with van der Waals surface area (Å²) in [6, 6.07) is 3.78. The molecule has 0 aromatic heterocycles. The highest BCUT2D eigenvalue weighted by molar-refractivity contribution is 6.26. The van der Waals surface area contributed by atoms with Gasteiger partial charge in [-0.25, -0.2) is 4.39 Å². The SMILES string of the molecule is CC(=O)C1=C(O)c2ccc(F)cc2[C@H](C)C1=O. The van der Waals surface area contributed by atoms with Crippen LogP contribution in [0, 0.1) is 5.82 Å². The molecule has 0 saturated carbocycles. The number of hydrogen-bond donors (Lipinski definition) is 1. The highest BCUT2D eigenvalue weighted by atomic mass is 19.1. The summed E-state index contributed by atoms with van der Waals surface area (Å²) in [6.45, 7) is 2.82. The lowest BCUT2D eigenvalue weighted by atomic mass is 9.81. The Hall–Kier alpha value is -1.97. The minimum Gasteiger partial charge on any atom is -0.506 e. The number of rotatable bonds is 1. The quantitative estimate of drug-likeness (QED) is 0.759. The van der Waals surface area contributed by atoms with Crippen LogP contribution < -0.4 is 0 Å². The van der Waals surface area contributed by atoms with Crippen LogP contribution >= 0.6 is 0 Å². The zero-order chi connectivity index (χ0) is 12.7. The molecule has 17 heavy (non-hydrogen) atoms. The van der Waals surface area contributed by atoms with Gasteiger partial charge in [0, 0.05) is 11.5 Å². The van der Waals surface area contributed by atoms with E-state index in [2.05, 4.69) is 0 Å². The molecule has 2 rings (SSSR count). The molecule has 1 N–H and O–H groups in total. The molecular formula is C13H11FO3. The standard InChI is InChI=1S/C13H11FO3/c1-6-10-5-8(14)3-4-9(10)13(17)11(7(2)15)12(6)16/h3-6,17H,1-2H3/t6-/m0/s1. The van der Waals surface area contributed by atoms with Crippen LogP contribution in [0.25, 0.3) is 5.76 Å². The van der Waals surface area contributed by atoms with Crippen molar-refractivity contribution in [2.45, 2.75) is 19.8 Å². The molecular weight excluding hydrogens is 223 g/mol. The van der Waals surface area contributed by atoms with Crippen molar-refractivity contribution >= 4 is 17.3 Å². The molecule has 1 aliphatic rings. The fourth-order valence-electron chi connectivity index (χ4n) is 2.06. The number of benzene rings is 1. The number of ketones is 2. The van der Waals surface area contributed by atoms with E-state index in [0.717, 1.165) is 0 Å². The normalized spacial score (nSPS) is 19.2. The Bertz CT molecular complexity index is 558. The number of Topliss-reactive ketones (excluding diaryl/α,β-unsaturated/α-hetero) is 2. The molecule has 1 aromatic carbocycles. The molecule has 0 bridgehead atoms. The minimum atomic E-state index is -0.615. The van der Waals surface area contributed by atoms with Gasteiger partial charge >= 0.3 is 0 Å². The lowest BCUT2D eigenvalue weighted by Gasteiger charge is -2.22. The van der Waals surface area contributed by atoms with Crippen molar-refractivity contribution in [1.82, 2.24) is 0 Å². The summed E-state index contributed by atoms with van der Waals surface area (Å²) in [6.07, 6.45) is 0. The monoisotopic (exact) mass is 234 g/mol. The summed E-state index contributed by atoms with van der Waals surface area (Å²) < 4.78 is 13.1. The number of aliphatic hydroxyl groups is 1.